The van der Waals surface area contributed by atoms with Crippen LogP contribution in [0.3, 0.4) is 0 Å². The first-order valence-corrected chi connectivity index (χ1v) is 4.90. The van der Waals surface area contributed by atoms with Gasteiger partial charge in [0, 0.05) is 37.8 Å². The van der Waals surface area contributed by atoms with Crippen molar-refractivity contribution in [2.45, 2.75) is 12.8 Å². The zero-order valence-electron chi connectivity index (χ0n) is 8.97. The van der Waals surface area contributed by atoms with Crippen molar-refractivity contribution < 1.29 is 4.79 Å². The maximum absolute atomic E-state index is 11.6. The molecule has 0 amide bonds. The molecule has 1 aromatic heterocycles. The molecule has 0 aliphatic rings. The molecule has 0 fully saturated rings. The Balaban J connectivity index is 2.44. The van der Waals surface area contributed by atoms with Crippen LogP contribution in [0.1, 0.15) is 23.2 Å². The largest absolute Gasteiger partial charge is 0.328 e. The van der Waals surface area contributed by atoms with Crippen LogP contribution in [0.4, 0.5) is 0 Å². The Hall–Kier alpha value is -1.98. The van der Waals surface area contributed by atoms with Crippen LogP contribution in [-0.2, 0) is 0 Å². The highest BCUT2D eigenvalue weighted by atomic mass is 16.3. The standard InChI is InChI=1S/C10H13N3O3/c1-13(12-16)6-2-3-9(14)8-4-5-10(15)11-7-8/h4-5,7H,2-3,6H2,1H3,(H,11,15). The summed E-state index contributed by atoms with van der Waals surface area (Å²) in [6, 6.07) is 2.80. The molecule has 1 aromatic rings. The second-order valence-electron chi connectivity index (χ2n) is 3.43. The topological polar surface area (TPSA) is 82.6 Å². The smallest absolute Gasteiger partial charge is 0.247 e. The minimum atomic E-state index is -0.235. The average molecular weight is 223 g/mol. The summed E-state index contributed by atoms with van der Waals surface area (Å²) in [5.74, 6) is -0.0597. The molecule has 1 heterocycles. The van der Waals surface area contributed by atoms with E-state index in [2.05, 4.69) is 10.3 Å². The number of carbonyl (C=O) groups excluding carboxylic acids is 1. The second kappa shape index (κ2) is 5.79. The van der Waals surface area contributed by atoms with Gasteiger partial charge in [-0.1, -0.05) is 0 Å². The lowest BCUT2D eigenvalue weighted by molar-refractivity contribution is 0.0976. The zero-order valence-corrected chi connectivity index (χ0v) is 8.97. The molecule has 6 heteroatoms. The molecule has 0 bridgehead atoms. The minimum Gasteiger partial charge on any atom is -0.328 e. The van der Waals surface area contributed by atoms with Gasteiger partial charge in [0.1, 0.15) is 0 Å². The van der Waals surface area contributed by atoms with Gasteiger partial charge in [-0.15, -0.1) is 4.91 Å². The van der Waals surface area contributed by atoms with Crippen molar-refractivity contribution >= 4 is 5.78 Å². The van der Waals surface area contributed by atoms with E-state index in [9.17, 15) is 14.5 Å². The molecule has 0 atom stereocenters. The Morgan fingerprint density at radius 2 is 2.25 bits per heavy atom. The summed E-state index contributed by atoms with van der Waals surface area (Å²) >= 11 is 0. The third kappa shape index (κ3) is 3.64. The summed E-state index contributed by atoms with van der Waals surface area (Å²) in [6.07, 6.45) is 2.28. The van der Waals surface area contributed by atoms with Crippen molar-refractivity contribution in [3.8, 4) is 0 Å². The Morgan fingerprint density at radius 1 is 1.50 bits per heavy atom. The number of carbonyl (C=O) groups is 1. The number of hydrogen-bond donors (Lipinski definition) is 1. The van der Waals surface area contributed by atoms with Crippen LogP contribution >= 0.6 is 0 Å². The fourth-order valence-electron chi connectivity index (χ4n) is 1.24. The summed E-state index contributed by atoms with van der Waals surface area (Å²) in [5.41, 5.74) is 0.239. The monoisotopic (exact) mass is 223 g/mol. The third-order valence-electron chi connectivity index (χ3n) is 2.13. The second-order valence-corrected chi connectivity index (χ2v) is 3.43. The maximum Gasteiger partial charge on any atom is 0.247 e. The van der Waals surface area contributed by atoms with Crippen LogP contribution in [0, 0.1) is 4.91 Å². The molecule has 6 nitrogen and oxygen atoms in total. The molecule has 0 saturated carbocycles. The molecule has 0 saturated heterocycles. The van der Waals surface area contributed by atoms with Crippen molar-refractivity contribution in [1.82, 2.24) is 9.99 Å². The molecule has 0 aliphatic carbocycles. The highest BCUT2D eigenvalue weighted by Crippen LogP contribution is 2.03. The number of Topliss-reactive ketones (excluding diaryl/α,β-unsaturated/α-hetero) is 1. The van der Waals surface area contributed by atoms with Gasteiger partial charge in [-0.25, -0.2) is 0 Å². The van der Waals surface area contributed by atoms with E-state index in [1.807, 2.05) is 0 Å². The van der Waals surface area contributed by atoms with Gasteiger partial charge in [0.15, 0.2) is 5.78 Å². The van der Waals surface area contributed by atoms with Crippen molar-refractivity contribution in [2.24, 2.45) is 5.29 Å². The number of aromatic amines is 1. The number of aromatic nitrogens is 1. The molecule has 0 aromatic carbocycles. The SMILES string of the molecule is CN(CCCC(=O)c1ccc(=O)[nH]c1)N=O. The van der Waals surface area contributed by atoms with Crippen molar-refractivity contribution in [2.75, 3.05) is 13.6 Å². The van der Waals surface area contributed by atoms with Gasteiger partial charge in [0.05, 0.1) is 5.29 Å². The van der Waals surface area contributed by atoms with Gasteiger partial charge in [-0.2, -0.15) is 0 Å². The lowest BCUT2D eigenvalue weighted by atomic mass is 10.1. The molecule has 0 aliphatic heterocycles. The van der Waals surface area contributed by atoms with E-state index in [1.54, 1.807) is 7.05 Å². The molecule has 1 rings (SSSR count). The Labute approximate surface area is 92.2 Å². The summed E-state index contributed by atoms with van der Waals surface area (Å²) in [6.45, 7) is 0.443. The predicted octanol–water partition coefficient (Wildman–Crippen LogP) is 0.951. The first-order chi connectivity index (χ1) is 7.63. The predicted molar refractivity (Wildman–Crippen MR) is 59.1 cm³/mol. The fourth-order valence-corrected chi connectivity index (χ4v) is 1.24. The molecule has 0 unspecified atom stereocenters. The minimum absolute atomic E-state index is 0.0597. The summed E-state index contributed by atoms with van der Waals surface area (Å²) in [5, 5.41) is 3.93. The molecule has 16 heavy (non-hydrogen) atoms. The zero-order chi connectivity index (χ0) is 12.0. The van der Waals surface area contributed by atoms with Crippen LogP contribution < -0.4 is 5.56 Å². The lowest BCUT2D eigenvalue weighted by Gasteiger charge is -2.06. The quantitative estimate of drug-likeness (QED) is 0.442. The molecule has 86 valence electrons. The number of H-pyrrole nitrogens is 1. The van der Waals surface area contributed by atoms with Gasteiger partial charge >= 0.3 is 0 Å². The van der Waals surface area contributed by atoms with E-state index in [1.165, 1.54) is 23.3 Å². The highest BCUT2D eigenvalue weighted by molar-refractivity contribution is 5.95. The lowest BCUT2D eigenvalue weighted by Crippen LogP contribution is -2.13. The van der Waals surface area contributed by atoms with Crippen molar-refractivity contribution in [1.29, 1.82) is 0 Å². The first kappa shape index (κ1) is 12.1. The van der Waals surface area contributed by atoms with E-state index in [4.69, 9.17) is 0 Å². The van der Waals surface area contributed by atoms with E-state index in [0.717, 1.165) is 0 Å². The number of pyridine rings is 1. The van der Waals surface area contributed by atoms with E-state index in [-0.39, 0.29) is 11.3 Å². The molecule has 0 radical (unpaired) electrons. The first-order valence-electron chi connectivity index (χ1n) is 4.90. The summed E-state index contributed by atoms with van der Waals surface area (Å²) in [4.78, 5) is 34.8. The fraction of sp³-hybridized carbons (Fsp3) is 0.400. The number of rotatable bonds is 6. The van der Waals surface area contributed by atoms with E-state index >= 15 is 0 Å². The number of ketones is 1. The van der Waals surface area contributed by atoms with Gasteiger partial charge in [0.2, 0.25) is 5.56 Å². The Morgan fingerprint density at radius 3 is 2.81 bits per heavy atom. The molecule has 0 spiro atoms. The van der Waals surface area contributed by atoms with E-state index in [0.29, 0.717) is 24.9 Å². The number of nitrogens with zero attached hydrogens (tertiary/aromatic N) is 2. The van der Waals surface area contributed by atoms with Crippen LogP contribution in [0.15, 0.2) is 28.4 Å². The Bertz CT molecular complexity index is 407. The molecular formula is C10H13N3O3. The third-order valence-corrected chi connectivity index (χ3v) is 2.13. The van der Waals surface area contributed by atoms with Gasteiger partial charge in [-0.3, -0.25) is 14.6 Å². The van der Waals surface area contributed by atoms with Crippen LogP contribution in [0.25, 0.3) is 0 Å². The van der Waals surface area contributed by atoms with Gasteiger partial charge in [-0.05, 0) is 12.5 Å². The van der Waals surface area contributed by atoms with Crippen LogP contribution in [-0.4, -0.2) is 29.4 Å². The van der Waals surface area contributed by atoms with Gasteiger partial charge < -0.3 is 4.98 Å². The van der Waals surface area contributed by atoms with E-state index < -0.39 is 0 Å². The number of nitrogens with one attached hydrogen (secondary N) is 1. The number of nitroso groups, excluding NO2 is 1. The highest BCUT2D eigenvalue weighted by Gasteiger charge is 2.06. The summed E-state index contributed by atoms with van der Waals surface area (Å²) in [7, 11) is 1.55. The van der Waals surface area contributed by atoms with Gasteiger partial charge in [0.25, 0.3) is 0 Å². The molecule has 1 N–H and O–H groups in total. The van der Waals surface area contributed by atoms with Crippen LogP contribution in [0.5, 0.6) is 0 Å². The maximum atomic E-state index is 11.6. The van der Waals surface area contributed by atoms with Crippen molar-refractivity contribution in [3.63, 3.8) is 0 Å². The van der Waals surface area contributed by atoms with Crippen molar-refractivity contribution in [3.05, 3.63) is 39.2 Å². The normalized spacial score (nSPS) is 9.81. The Kier molecular flexibility index (Phi) is 4.38. The summed E-state index contributed by atoms with van der Waals surface area (Å²) < 4.78 is 0. The number of hydrogen-bond acceptors (Lipinski definition) is 4. The average Bonchev–Trinajstić information content (AvgIpc) is 2.29. The molecular weight excluding hydrogens is 210 g/mol. The van der Waals surface area contributed by atoms with Crippen LogP contribution in [0.2, 0.25) is 0 Å².